The average molecular weight is 353 g/mol. The molecular formula is C21H27N3O2. The standard InChI is InChI=1S/C21H27N3O2/c1-15-13-24(14-16(2)26-15)19-7-4-17(5-8-19)22-18-6-9-20-21(12-18)25-11-10-23(20)3/h4-9,12,15-16,22H,10-11,13-14H2,1-3H3. The molecule has 2 aromatic carbocycles. The third kappa shape index (κ3) is 3.58. The molecule has 0 aliphatic carbocycles. The molecule has 2 heterocycles. The molecule has 0 amide bonds. The molecular weight excluding hydrogens is 326 g/mol. The van der Waals surface area contributed by atoms with Crippen LogP contribution < -0.4 is 19.9 Å². The van der Waals surface area contributed by atoms with Crippen molar-refractivity contribution in [2.45, 2.75) is 26.1 Å². The number of anilines is 4. The first-order chi connectivity index (χ1) is 12.6. The number of fused-ring (bicyclic) bond motifs is 1. The average Bonchev–Trinajstić information content (AvgIpc) is 2.62. The molecule has 2 aliphatic heterocycles. The van der Waals surface area contributed by atoms with Gasteiger partial charge in [-0.2, -0.15) is 0 Å². The first-order valence-corrected chi connectivity index (χ1v) is 9.34. The van der Waals surface area contributed by atoms with Crippen LogP contribution in [0.1, 0.15) is 13.8 Å². The zero-order valence-corrected chi connectivity index (χ0v) is 15.7. The number of morpholine rings is 1. The Balaban J connectivity index is 1.46. The van der Waals surface area contributed by atoms with E-state index in [4.69, 9.17) is 9.47 Å². The number of hydrogen-bond donors (Lipinski definition) is 1. The highest BCUT2D eigenvalue weighted by molar-refractivity contribution is 5.70. The van der Waals surface area contributed by atoms with Gasteiger partial charge >= 0.3 is 0 Å². The highest BCUT2D eigenvalue weighted by Crippen LogP contribution is 2.34. The van der Waals surface area contributed by atoms with Crippen molar-refractivity contribution >= 4 is 22.7 Å². The van der Waals surface area contributed by atoms with Crippen LogP contribution in [0.5, 0.6) is 5.75 Å². The van der Waals surface area contributed by atoms with Crippen LogP contribution in [0, 0.1) is 0 Å². The van der Waals surface area contributed by atoms with E-state index in [1.54, 1.807) is 0 Å². The van der Waals surface area contributed by atoms with E-state index >= 15 is 0 Å². The number of ether oxygens (including phenoxy) is 2. The Bertz CT molecular complexity index is 752. The quantitative estimate of drug-likeness (QED) is 0.906. The van der Waals surface area contributed by atoms with Crippen molar-refractivity contribution in [3.05, 3.63) is 42.5 Å². The summed E-state index contributed by atoms with van der Waals surface area (Å²) in [5.41, 5.74) is 4.51. The fourth-order valence-corrected chi connectivity index (χ4v) is 3.75. The number of rotatable bonds is 3. The van der Waals surface area contributed by atoms with Gasteiger partial charge in [-0.1, -0.05) is 0 Å². The summed E-state index contributed by atoms with van der Waals surface area (Å²) in [6.45, 7) is 7.81. The van der Waals surface area contributed by atoms with E-state index < -0.39 is 0 Å². The molecule has 4 rings (SSSR count). The second kappa shape index (κ2) is 7.08. The molecule has 138 valence electrons. The van der Waals surface area contributed by atoms with Crippen molar-refractivity contribution in [1.29, 1.82) is 0 Å². The number of nitrogens with zero attached hydrogens (tertiary/aromatic N) is 2. The first kappa shape index (κ1) is 17.0. The van der Waals surface area contributed by atoms with Gasteiger partial charge in [-0.3, -0.25) is 0 Å². The van der Waals surface area contributed by atoms with E-state index in [1.165, 1.54) is 5.69 Å². The lowest BCUT2D eigenvalue weighted by Gasteiger charge is -2.36. The smallest absolute Gasteiger partial charge is 0.144 e. The number of benzene rings is 2. The van der Waals surface area contributed by atoms with E-state index in [1.807, 2.05) is 0 Å². The summed E-state index contributed by atoms with van der Waals surface area (Å²) >= 11 is 0. The van der Waals surface area contributed by atoms with Gasteiger partial charge in [-0.05, 0) is 50.2 Å². The van der Waals surface area contributed by atoms with Crippen molar-refractivity contribution in [3.63, 3.8) is 0 Å². The molecule has 2 unspecified atom stereocenters. The Morgan fingerprint density at radius 1 is 0.962 bits per heavy atom. The summed E-state index contributed by atoms with van der Waals surface area (Å²) in [5, 5.41) is 3.47. The van der Waals surface area contributed by atoms with Crippen LogP contribution in [-0.2, 0) is 4.74 Å². The van der Waals surface area contributed by atoms with E-state index in [9.17, 15) is 0 Å². The van der Waals surface area contributed by atoms with Gasteiger partial charge in [0.15, 0.2) is 0 Å². The Kier molecular flexibility index (Phi) is 4.64. The zero-order chi connectivity index (χ0) is 18.1. The van der Waals surface area contributed by atoms with Crippen molar-refractivity contribution in [2.75, 3.05) is 48.4 Å². The zero-order valence-electron chi connectivity index (χ0n) is 15.7. The van der Waals surface area contributed by atoms with Crippen molar-refractivity contribution in [1.82, 2.24) is 0 Å². The van der Waals surface area contributed by atoms with Gasteiger partial charge in [0.05, 0.1) is 24.4 Å². The van der Waals surface area contributed by atoms with Gasteiger partial charge in [-0.25, -0.2) is 0 Å². The normalized spacial score (nSPS) is 22.6. The summed E-state index contributed by atoms with van der Waals surface area (Å²) < 4.78 is 11.6. The Hall–Kier alpha value is -2.40. The van der Waals surface area contributed by atoms with Crippen LogP contribution >= 0.6 is 0 Å². The van der Waals surface area contributed by atoms with Gasteiger partial charge in [0.1, 0.15) is 12.4 Å². The van der Waals surface area contributed by atoms with Gasteiger partial charge in [0.25, 0.3) is 0 Å². The lowest BCUT2D eigenvalue weighted by molar-refractivity contribution is -0.00521. The van der Waals surface area contributed by atoms with Crippen molar-refractivity contribution < 1.29 is 9.47 Å². The second-order valence-electron chi connectivity index (χ2n) is 7.29. The van der Waals surface area contributed by atoms with Crippen LogP contribution in [0.3, 0.4) is 0 Å². The third-order valence-corrected chi connectivity index (χ3v) is 5.00. The highest BCUT2D eigenvalue weighted by atomic mass is 16.5. The SMILES string of the molecule is CC1CN(c2ccc(Nc3ccc4c(c3)OCCN4C)cc2)CC(C)O1. The molecule has 2 atom stereocenters. The molecule has 0 saturated carbocycles. The van der Waals surface area contributed by atoms with Crippen molar-refractivity contribution in [2.24, 2.45) is 0 Å². The maximum atomic E-state index is 5.82. The lowest BCUT2D eigenvalue weighted by atomic mass is 10.2. The molecule has 0 radical (unpaired) electrons. The van der Waals surface area contributed by atoms with Gasteiger partial charge in [0, 0.05) is 43.3 Å². The van der Waals surface area contributed by atoms with E-state index in [0.29, 0.717) is 0 Å². The lowest BCUT2D eigenvalue weighted by Crippen LogP contribution is -2.45. The molecule has 1 N–H and O–H groups in total. The molecule has 26 heavy (non-hydrogen) atoms. The Labute approximate surface area is 155 Å². The van der Waals surface area contributed by atoms with Crippen LogP contribution in [0.2, 0.25) is 0 Å². The minimum absolute atomic E-state index is 0.269. The summed E-state index contributed by atoms with van der Waals surface area (Å²) in [5.74, 6) is 0.941. The second-order valence-corrected chi connectivity index (χ2v) is 7.29. The van der Waals surface area contributed by atoms with E-state index in [-0.39, 0.29) is 12.2 Å². The van der Waals surface area contributed by atoms with E-state index in [0.717, 1.165) is 49.1 Å². The maximum absolute atomic E-state index is 5.82. The van der Waals surface area contributed by atoms with Crippen LogP contribution in [-0.4, -0.2) is 45.5 Å². The monoisotopic (exact) mass is 353 g/mol. The number of nitrogens with one attached hydrogen (secondary N) is 1. The molecule has 1 fully saturated rings. The van der Waals surface area contributed by atoms with Gasteiger partial charge < -0.3 is 24.6 Å². The first-order valence-electron chi connectivity index (χ1n) is 9.34. The fraction of sp³-hybridized carbons (Fsp3) is 0.429. The molecule has 0 spiro atoms. The summed E-state index contributed by atoms with van der Waals surface area (Å²) in [6.07, 6.45) is 0.537. The predicted molar refractivity (Wildman–Crippen MR) is 107 cm³/mol. The minimum atomic E-state index is 0.269. The summed E-state index contributed by atoms with van der Waals surface area (Å²) in [4.78, 5) is 4.62. The maximum Gasteiger partial charge on any atom is 0.144 e. The summed E-state index contributed by atoms with van der Waals surface area (Å²) in [6, 6.07) is 14.9. The molecule has 5 heteroatoms. The molecule has 1 saturated heterocycles. The third-order valence-electron chi connectivity index (χ3n) is 5.00. The molecule has 5 nitrogen and oxygen atoms in total. The number of hydrogen-bond acceptors (Lipinski definition) is 5. The highest BCUT2D eigenvalue weighted by Gasteiger charge is 2.22. The molecule has 0 bridgehead atoms. The Morgan fingerprint density at radius 2 is 1.65 bits per heavy atom. The van der Waals surface area contributed by atoms with Crippen LogP contribution in [0.25, 0.3) is 0 Å². The van der Waals surface area contributed by atoms with Gasteiger partial charge in [-0.15, -0.1) is 0 Å². The van der Waals surface area contributed by atoms with E-state index in [2.05, 4.69) is 78.5 Å². The van der Waals surface area contributed by atoms with Crippen LogP contribution in [0.4, 0.5) is 22.7 Å². The number of likely N-dealkylation sites (N-methyl/N-ethyl adjacent to an activating group) is 1. The molecule has 0 aromatic heterocycles. The van der Waals surface area contributed by atoms with Crippen molar-refractivity contribution in [3.8, 4) is 5.75 Å². The van der Waals surface area contributed by atoms with Gasteiger partial charge in [0.2, 0.25) is 0 Å². The minimum Gasteiger partial charge on any atom is -0.489 e. The van der Waals surface area contributed by atoms with Crippen LogP contribution in [0.15, 0.2) is 42.5 Å². The largest absolute Gasteiger partial charge is 0.489 e. The predicted octanol–water partition coefficient (Wildman–Crippen LogP) is 3.87. The topological polar surface area (TPSA) is 37.0 Å². The molecule has 2 aromatic rings. The fourth-order valence-electron chi connectivity index (χ4n) is 3.75. The Morgan fingerprint density at radius 3 is 2.38 bits per heavy atom. The molecule has 2 aliphatic rings. The summed E-state index contributed by atoms with van der Waals surface area (Å²) in [7, 11) is 2.10.